The molecule has 0 atom stereocenters. The molecule has 0 aliphatic rings. The van der Waals surface area contributed by atoms with Crippen molar-refractivity contribution in [2.24, 2.45) is 0 Å². The van der Waals surface area contributed by atoms with Crippen LogP contribution < -0.4 is 10.6 Å². The molecule has 18 heavy (non-hydrogen) atoms. The Balaban J connectivity index is 3.46. The van der Waals surface area contributed by atoms with Crippen molar-refractivity contribution in [3.8, 4) is 0 Å². The summed E-state index contributed by atoms with van der Waals surface area (Å²) in [6, 6.07) is -0.157. The molecule has 0 aromatic carbocycles. The van der Waals surface area contributed by atoms with Crippen molar-refractivity contribution in [2.45, 2.75) is 44.3 Å². The van der Waals surface area contributed by atoms with E-state index in [1.807, 2.05) is 6.26 Å². The SMILES string of the molecule is CSC(C)(C)CNC(=O)NCCCCCC(=O)O. The van der Waals surface area contributed by atoms with E-state index >= 15 is 0 Å². The Kier molecular flexibility index (Phi) is 8.62. The Morgan fingerprint density at radius 2 is 1.83 bits per heavy atom. The smallest absolute Gasteiger partial charge is 0.314 e. The molecule has 0 heterocycles. The Labute approximate surface area is 113 Å². The van der Waals surface area contributed by atoms with Crippen LogP contribution >= 0.6 is 11.8 Å². The fraction of sp³-hybridized carbons (Fsp3) is 0.833. The van der Waals surface area contributed by atoms with Crippen molar-refractivity contribution < 1.29 is 14.7 Å². The average Bonchev–Trinajstić information content (AvgIpc) is 2.31. The fourth-order valence-electron chi connectivity index (χ4n) is 1.21. The van der Waals surface area contributed by atoms with Crippen molar-refractivity contribution in [2.75, 3.05) is 19.3 Å². The van der Waals surface area contributed by atoms with Gasteiger partial charge in [0.15, 0.2) is 0 Å². The summed E-state index contributed by atoms with van der Waals surface area (Å²) in [6.07, 6.45) is 4.52. The second-order valence-corrected chi connectivity index (χ2v) is 6.29. The summed E-state index contributed by atoms with van der Waals surface area (Å²) in [4.78, 5) is 21.7. The molecule has 0 rings (SSSR count). The third-order valence-electron chi connectivity index (χ3n) is 2.58. The van der Waals surface area contributed by atoms with Gasteiger partial charge in [0.2, 0.25) is 0 Å². The van der Waals surface area contributed by atoms with Crippen molar-refractivity contribution in [3.63, 3.8) is 0 Å². The van der Waals surface area contributed by atoms with Crippen molar-refractivity contribution >= 4 is 23.8 Å². The maximum Gasteiger partial charge on any atom is 0.314 e. The number of hydrogen-bond donors (Lipinski definition) is 3. The van der Waals surface area contributed by atoms with Gasteiger partial charge in [0.05, 0.1) is 0 Å². The number of nitrogens with one attached hydrogen (secondary N) is 2. The number of carboxylic acid groups (broad SMARTS) is 1. The average molecular weight is 276 g/mol. The zero-order valence-corrected chi connectivity index (χ0v) is 12.2. The van der Waals surface area contributed by atoms with Crippen LogP contribution in [0.2, 0.25) is 0 Å². The number of carbonyl (C=O) groups excluding carboxylic acids is 1. The first-order chi connectivity index (χ1) is 8.37. The molecule has 3 N–H and O–H groups in total. The third kappa shape index (κ3) is 10.3. The molecule has 0 saturated heterocycles. The van der Waals surface area contributed by atoms with Gasteiger partial charge in [-0.25, -0.2) is 4.79 Å². The van der Waals surface area contributed by atoms with Gasteiger partial charge in [-0.1, -0.05) is 6.42 Å². The molecule has 0 unspecified atom stereocenters. The predicted octanol–water partition coefficient (Wildman–Crippen LogP) is 2.07. The number of carboxylic acids is 1. The minimum absolute atomic E-state index is 0.0405. The molecule has 6 heteroatoms. The van der Waals surface area contributed by atoms with Crippen LogP contribution in [0.15, 0.2) is 0 Å². The first-order valence-electron chi connectivity index (χ1n) is 6.16. The second-order valence-electron chi connectivity index (χ2n) is 4.78. The molecule has 0 bridgehead atoms. The Hall–Kier alpha value is -0.910. The summed E-state index contributed by atoms with van der Waals surface area (Å²) < 4.78 is 0.0405. The number of thioether (sulfide) groups is 1. The van der Waals surface area contributed by atoms with E-state index < -0.39 is 5.97 Å². The largest absolute Gasteiger partial charge is 0.481 e. The summed E-state index contributed by atoms with van der Waals surface area (Å²) in [5.74, 6) is -0.764. The van der Waals surface area contributed by atoms with Gasteiger partial charge in [-0.15, -0.1) is 0 Å². The highest BCUT2D eigenvalue weighted by Crippen LogP contribution is 2.19. The Morgan fingerprint density at radius 3 is 2.39 bits per heavy atom. The van der Waals surface area contributed by atoms with Gasteiger partial charge < -0.3 is 15.7 Å². The third-order valence-corrected chi connectivity index (χ3v) is 3.83. The number of aliphatic carboxylic acids is 1. The molecule has 0 spiro atoms. The van der Waals surface area contributed by atoms with E-state index in [0.29, 0.717) is 19.5 Å². The first-order valence-corrected chi connectivity index (χ1v) is 7.38. The summed E-state index contributed by atoms with van der Waals surface area (Å²) in [5, 5.41) is 14.0. The van der Waals surface area contributed by atoms with Crippen LogP contribution in [0.1, 0.15) is 39.5 Å². The summed E-state index contributed by atoms with van der Waals surface area (Å²) in [5.41, 5.74) is 0. The standard InChI is InChI=1S/C12H24N2O3S/c1-12(2,18-3)9-14-11(17)13-8-6-4-5-7-10(15)16/h4-9H2,1-3H3,(H,15,16)(H2,13,14,17). The minimum atomic E-state index is -0.764. The number of rotatable bonds is 9. The summed E-state index contributed by atoms with van der Waals surface area (Å²) in [7, 11) is 0. The molecule has 0 aliphatic carbocycles. The molecule has 0 aromatic rings. The van der Waals surface area contributed by atoms with Crippen LogP contribution in [0.3, 0.4) is 0 Å². The van der Waals surface area contributed by atoms with Crippen molar-refractivity contribution in [1.82, 2.24) is 10.6 Å². The van der Waals surface area contributed by atoms with E-state index in [0.717, 1.165) is 12.8 Å². The van der Waals surface area contributed by atoms with Gasteiger partial charge in [0.1, 0.15) is 0 Å². The normalized spacial score (nSPS) is 11.1. The predicted molar refractivity (Wildman–Crippen MR) is 75.1 cm³/mol. The van der Waals surface area contributed by atoms with Crippen LogP contribution in [-0.4, -0.2) is 41.2 Å². The molecule has 0 radical (unpaired) electrons. The first kappa shape index (κ1) is 17.1. The van der Waals surface area contributed by atoms with E-state index in [4.69, 9.17) is 5.11 Å². The molecule has 106 valence electrons. The topological polar surface area (TPSA) is 78.4 Å². The zero-order chi connectivity index (χ0) is 14.0. The molecule has 0 saturated carbocycles. The van der Waals surface area contributed by atoms with Crippen molar-refractivity contribution in [1.29, 1.82) is 0 Å². The minimum Gasteiger partial charge on any atom is -0.481 e. The zero-order valence-electron chi connectivity index (χ0n) is 11.4. The lowest BCUT2D eigenvalue weighted by atomic mass is 10.2. The van der Waals surface area contributed by atoms with Gasteiger partial charge in [0, 0.05) is 24.3 Å². The highest BCUT2D eigenvalue weighted by atomic mass is 32.2. The molecule has 2 amide bonds. The van der Waals surface area contributed by atoms with E-state index in [2.05, 4.69) is 24.5 Å². The van der Waals surface area contributed by atoms with E-state index in [1.54, 1.807) is 11.8 Å². The number of hydrogen-bond acceptors (Lipinski definition) is 3. The molecular formula is C12H24N2O3S. The quantitative estimate of drug-likeness (QED) is 0.563. The monoisotopic (exact) mass is 276 g/mol. The van der Waals surface area contributed by atoms with Crippen molar-refractivity contribution in [3.05, 3.63) is 0 Å². The van der Waals surface area contributed by atoms with E-state index in [1.165, 1.54) is 0 Å². The number of carbonyl (C=O) groups is 2. The number of urea groups is 1. The van der Waals surface area contributed by atoms with E-state index in [-0.39, 0.29) is 17.2 Å². The fourth-order valence-corrected chi connectivity index (χ4v) is 1.42. The van der Waals surface area contributed by atoms with E-state index in [9.17, 15) is 9.59 Å². The van der Waals surface area contributed by atoms with Gasteiger partial charge >= 0.3 is 12.0 Å². The maximum atomic E-state index is 11.4. The highest BCUT2D eigenvalue weighted by molar-refractivity contribution is 7.99. The lowest BCUT2D eigenvalue weighted by Gasteiger charge is -2.22. The van der Waals surface area contributed by atoms with Gasteiger partial charge in [-0.2, -0.15) is 11.8 Å². The van der Waals surface area contributed by atoms with Gasteiger partial charge in [-0.3, -0.25) is 4.79 Å². The van der Waals surface area contributed by atoms with Crippen LogP contribution in [0.5, 0.6) is 0 Å². The molecule has 0 aromatic heterocycles. The van der Waals surface area contributed by atoms with Crippen LogP contribution in [0, 0.1) is 0 Å². The molecule has 5 nitrogen and oxygen atoms in total. The summed E-state index contributed by atoms with van der Waals surface area (Å²) in [6.45, 7) is 5.36. The molecule has 0 aliphatic heterocycles. The van der Waals surface area contributed by atoms with Gasteiger partial charge in [0.25, 0.3) is 0 Å². The van der Waals surface area contributed by atoms with Crippen LogP contribution in [0.25, 0.3) is 0 Å². The van der Waals surface area contributed by atoms with Gasteiger partial charge in [-0.05, 0) is 32.9 Å². The Morgan fingerprint density at radius 1 is 1.17 bits per heavy atom. The highest BCUT2D eigenvalue weighted by Gasteiger charge is 2.16. The molecular weight excluding hydrogens is 252 g/mol. The maximum absolute atomic E-state index is 11.4. The van der Waals surface area contributed by atoms with Crippen LogP contribution in [0.4, 0.5) is 4.79 Å². The number of unbranched alkanes of at least 4 members (excludes halogenated alkanes) is 2. The summed E-state index contributed by atoms with van der Waals surface area (Å²) >= 11 is 1.71. The van der Waals surface area contributed by atoms with Crippen LogP contribution in [-0.2, 0) is 4.79 Å². The Bertz CT molecular complexity index is 270. The second kappa shape index (κ2) is 9.08. The number of amides is 2. The lowest BCUT2D eigenvalue weighted by Crippen LogP contribution is -2.42. The molecule has 0 fully saturated rings. The lowest BCUT2D eigenvalue weighted by molar-refractivity contribution is -0.137.